The van der Waals surface area contributed by atoms with E-state index < -0.39 is 0 Å². The van der Waals surface area contributed by atoms with Gasteiger partial charge in [0.1, 0.15) is 0 Å². The van der Waals surface area contributed by atoms with Crippen LogP contribution in [0.15, 0.2) is 0 Å². The van der Waals surface area contributed by atoms with Crippen molar-refractivity contribution in [2.24, 2.45) is 5.92 Å². The summed E-state index contributed by atoms with van der Waals surface area (Å²) in [6.45, 7) is 11.9. The molecule has 3 nitrogen and oxygen atoms in total. The molecule has 3 atom stereocenters. The number of piperidine rings is 1. The first kappa shape index (κ1) is 14.9. The maximum atomic E-state index is 5.65. The average molecular weight is 242 g/mol. The Balaban J connectivity index is 2.55. The zero-order chi connectivity index (χ0) is 12.8. The Hall–Kier alpha value is -0.120. The smallest absolute Gasteiger partial charge is 0.0624 e. The van der Waals surface area contributed by atoms with Crippen molar-refractivity contribution in [2.75, 3.05) is 26.8 Å². The molecule has 0 amide bonds. The summed E-state index contributed by atoms with van der Waals surface area (Å²) in [4.78, 5) is 2.65. The number of nitrogens with one attached hydrogen (secondary N) is 1. The predicted molar refractivity (Wildman–Crippen MR) is 73.4 cm³/mol. The number of hydrogen-bond acceptors (Lipinski definition) is 3. The second kappa shape index (κ2) is 7.34. The van der Waals surface area contributed by atoms with Crippen molar-refractivity contribution in [1.29, 1.82) is 0 Å². The monoisotopic (exact) mass is 242 g/mol. The Morgan fingerprint density at radius 2 is 2.12 bits per heavy atom. The van der Waals surface area contributed by atoms with Crippen LogP contribution >= 0.6 is 0 Å². The SMILES string of the molecule is CCOCC(C(C)C)N1CCC(NC)CC1C. The third-order valence-electron chi connectivity index (χ3n) is 4.02. The first-order valence-corrected chi connectivity index (χ1v) is 7.10. The van der Waals surface area contributed by atoms with Gasteiger partial charge in [-0.15, -0.1) is 0 Å². The summed E-state index contributed by atoms with van der Waals surface area (Å²) >= 11 is 0. The van der Waals surface area contributed by atoms with Crippen molar-refractivity contribution >= 4 is 0 Å². The lowest BCUT2D eigenvalue weighted by molar-refractivity contribution is 0.00541. The molecular weight excluding hydrogens is 212 g/mol. The minimum absolute atomic E-state index is 0.572. The van der Waals surface area contributed by atoms with Gasteiger partial charge in [-0.25, -0.2) is 0 Å². The van der Waals surface area contributed by atoms with E-state index in [1.165, 1.54) is 19.4 Å². The molecule has 0 aliphatic carbocycles. The van der Waals surface area contributed by atoms with Crippen molar-refractivity contribution in [1.82, 2.24) is 10.2 Å². The quantitative estimate of drug-likeness (QED) is 0.772. The molecule has 1 N–H and O–H groups in total. The topological polar surface area (TPSA) is 24.5 Å². The van der Waals surface area contributed by atoms with Gasteiger partial charge in [0.2, 0.25) is 0 Å². The van der Waals surface area contributed by atoms with Gasteiger partial charge >= 0.3 is 0 Å². The van der Waals surface area contributed by atoms with Crippen molar-refractivity contribution in [3.8, 4) is 0 Å². The van der Waals surface area contributed by atoms with Crippen molar-refractivity contribution in [2.45, 2.75) is 58.7 Å². The summed E-state index contributed by atoms with van der Waals surface area (Å²) in [7, 11) is 2.08. The molecule has 1 fully saturated rings. The van der Waals surface area contributed by atoms with Crippen LogP contribution in [0, 0.1) is 5.92 Å². The van der Waals surface area contributed by atoms with E-state index >= 15 is 0 Å². The Morgan fingerprint density at radius 3 is 2.59 bits per heavy atom. The molecule has 1 aliphatic rings. The van der Waals surface area contributed by atoms with Crippen LogP contribution in [-0.4, -0.2) is 49.8 Å². The molecule has 3 unspecified atom stereocenters. The van der Waals surface area contributed by atoms with E-state index in [-0.39, 0.29) is 0 Å². The predicted octanol–water partition coefficient (Wildman–Crippen LogP) is 2.12. The first-order valence-electron chi connectivity index (χ1n) is 7.10. The standard InChI is InChI=1S/C14H30N2O/c1-6-17-10-14(11(2)3)16-8-7-13(15-5)9-12(16)4/h11-15H,6-10H2,1-5H3. The molecule has 1 saturated heterocycles. The Morgan fingerprint density at radius 1 is 1.41 bits per heavy atom. The normalized spacial score (nSPS) is 28.6. The molecule has 3 heteroatoms. The zero-order valence-electron chi connectivity index (χ0n) is 12.2. The Labute approximate surface area is 107 Å². The van der Waals surface area contributed by atoms with Gasteiger partial charge < -0.3 is 10.1 Å². The largest absolute Gasteiger partial charge is 0.380 e. The van der Waals surface area contributed by atoms with Gasteiger partial charge in [0.15, 0.2) is 0 Å². The van der Waals surface area contributed by atoms with E-state index in [4.69, 9.17) is 4.74 Å². The first-order chi connectivity index (χ1) is 8.10. The lowest BCUT2D eigenvalue weighted by Gasteiger charge is -2.43. The van der Waals surface area contributed by atoms with Crippen LogP contribution in [0.5, 0.6) is 0 Å². The highest BCUT2D eigenvalue weighted by Crippen LogP contribution is 2.23. The van der Waals surface area contributed by atoms with Gasteiger partial charge in [-0.1, -0.05) is 13.8 Å². The van der Waals surface area contributed by atoms with Crippen LogP contribution < -0.4 is 5.32 Å². The summed E-state index contributed by atoms with van der Waals surface area (Å²) in [6, 6.07) is 1.93. The van der Waals surface area contributed by atoms with Crippen LogP contribution in [0.25, 0.3) is 0 Å². The zero-order valence-corrected chi connectivity index (χ0v) is 12.2. The van der Waals surface area contributed by atoms with Crippen molar-refractivity contribution < 1.29 is 4.74 Å². The minimum atomic E-state index is 0.572. The molecule has 0 saturated carbocycles. The summed E-state index contributed by atoms with van der Waals surface area (Å²) in [6.07, 6.45) is 2.52. The molecule has 0 aromatic rings. The molecule has 1 rings (SSSR count). The molecule has 0 spiro atoms. The van der Waals surface area contributed by atoms with E-state index in [2.05, 4.69) is 45.0 Å². The summed E-state index contributed by atoms with van der Waals surface area (Å²) in [5.74, 6) is 0.662. The second-order valence-corrected chi connectivity index (χ2v) is 5.57. The molecule has 0 radical (unpaired) electrons. The van der Waals surface area contributed by atoms with E-state index in [0.29, 0.717) is 24.0 Å². The molecule has 0 aromatic carbocycles. The fourth-order valence-electron chi connectivity index (χ4n) is 2.85. The van der Waals surface area contributed by atoms with Crippen LogP contribution in [0.3, 0.4) is 0 Å². The highest BCUT2D eigenvalue weighted by molar-refractivity contribution is 4.87. The van der Waals surface area contributed by atoms with Crippen molar-refractivity contribution in [3.63, 3.8) is 0 Å². The van der Waals surface area contributed by atoms with Gasteiger partial charge in [0.25, 0.3) is 0 Å². The third kappa shape index (κ3) is 4.23. The number of hydrogen-bond donors (Lipinski definition) is 1. The fourth-order valence-corrected chi connectivity index (χ4v) is 2.85. The fraction of sp³-hybridized carbons (Fsp3) is 1.00. The van der Waals surface area contributed by atoms with Crippen LogP contribution in [0.1, 0.15) is 40.5 Å². The molecule has 1 heterocycles. The maximum absolute atomic E-state index is 5.65. The van der Waals surface area contributed by atoms with Gasteiger partial charge in [-0.2, -0.15) is 0 Å². The molecule has 102 valence electrons. The number of ether oxygens (including phenoxy) is 1. The Kier molecular flexibility index (Phi) is 6.45. The molecular formula is C14H30N2O. The van der Waals surface area contributed by atoms with Crippen molar-refractivity contribution in [3.05, 3.63) is 0 Å². The number of likely N-dealkylation sites (tertiary alicyclic amines) is 1. The van der Waals surface area contributed by atoms with E-state index in [1.54, 1.807) is 0 Å². The highest BCUT2D eigenvalue weighted by atomic mass is 16.5. The van der Waals surface area contributed by atoms with Gasteiger partial charge in [-0.05, 0) is 39.7 Å². The maximum Gasteiger partial charge on any atom is 0.0624 e. The van der Waals surface area contributed by atoms with Gasteiger partial charge in [-0.3, -0.25) is 4.90 Å². The average Bonchev–Trinajstić information content (AvgIpc) is 2.30. The lowest BCUT2D eigenvalue weighted by Crippen LogP contribution is -2.53. The summed E-state index contributed by atoms with van der Waals surface area (Å²) in [5.41, 5.74) is 0. The number of rotatable bonds is 6. The van der Waals surface area contributed by atoms with Gasteiger partial charge in [0.05, 0.1) is 6.61 Å². The highest BCUT2D eigenvalue weighted by Gasteiger charge is 2.31. The van der Waals surface area contributed by atoms with E-state index in [0.717, 1.165) is 13.2 Å². The lowest BCUT2D eigenvalue weighted by atomic mass is 9.93. The third-order valence-corrected chi connectivity index (χ3v) is 4.02. The summed E-state index contributed by atoms with van der Waals surface area (Å²) in [5, 5.41) is 3.41. The summed E-state index contributed by atoms with van der Waals surface area (Å²) < 4.78 is 5.65. The van der Waals surface area contributed by atoms with Crippen LogP contribution in [-0.2, 0) is 4.74 Å². The van der Waals surface area contributed by atoms with Gasteiger partial charge in [0, 0.05) is 31.3 Å². The number of nitrogens with zero attached hydrogens (tertiary/aromatic N) is 1. The second-order valence-electron chi connectivity index (χ2n) is 5.57. The molecule has 0 aromatic heterocycles. The molecule has 0 bridgehead atoms. The van der Waals surface area contributed by atoms with E-state index in [1.807, 2.05) is 0 Å². The minimum Gasteiger partial charge on any atom is -0.380 e. The molecule has 1 aliphatic heterocycles. The van der Waals surface area contributed by atoms with Crippen LogP contribution in [0.2, 0.25) is 0 Å². The van der Waals surface area contributed by atoms with Crippen LogP contribution in [0.4, 0.5) is 0 Å². The Bertz CT molecular complexity index is 208. The van der Waals surface area contributed by atoms with E-state index in [9.17, 15) is 0 Å². The molecule has 17 heavy (non-hydrogen) atoms.